The first kappa shape index (κ1) is 10.3. The molecule has 1 aromatic rings. The highest BCUT2D eigenvalue weighted by Gasteiger charge is 2.38. The molecule has 0 aliphatic carbocycles. The van der Waals surface area contributed by atoms with Crippen LogP contribution in [0.15, 0.2) is 24.3 Å². The summed E-state index contributed by atoms with van der Waals surface area (Å²) >= 11 is 0. The van der Waals surface area contributed by atoms with Gasteiger partial charge in [0.15, 0.2) is 6.29 Å². The molecule has 2 saturated heterocycles. The molecule has 2 aliphatic rings. The predicted octanol–water partition coefficient (Wildman–Crippen LogP) is 1.77. The first-order valence-corrected chi connectivity index (χ1v) is 5.91. The Morgan fingerprint density at radius 3 is 2.94 bits per heavy atom. The minimum Gasteiger partial charge on any atom is -0.342 e. The highest BCUT2D eigenvalue weighted by atomic mass is 16.7. The number of rotatable bonds is 1. The minimum atomic E-state index is -0.171. The molecule has 1 aromatic carbocycles. The molecule has 3 rings (SSSR count). The van der Waals surface area contributed by atoms with Crippen molar-refractivity contribution in [2.75, 3.05) is 13.1 Å². The average molecular weight is 219 g/mol. The molecule has 86 valence electrons. The third-order valence-electron chi connectivity index (χ3n) is 3.28. The first-order valence-electron chi connectivity index (χ1n) is 5.91. The Kier molecular flexibility index (Phi) is 2.67. The van der Waals surface area contributed by atoms with Gasteiger partial charge in [0.2, 0.25) is 0 Å². The Balaban J connectivity index is 1.77. The number of hydrogen-bond donors (Lipinski definition) is 1. The molecule has 0 saturated carbocycles. The molecule has 16 heavy (non-hydrogen) atoms. The van der Waals surface area contributed by atoms with E-state index in [2.05, 4.69) is 36.5 Å². The van der Waals surface area contributed by atoms with Crippen LogP contribution in [0.1, 0.15) is 23.8 Å². The molecule has 3 unspecified atom stereocenters. The van der Waals surface area contributed by atoms with Gasteiger partial charge in [-0.05, 0) is 19.9 Å². The van der Waals surface area contributed by atoms with Crippen LogP contribution in [-0.4, -0.2) is 25.3 Å². The van der Waals surface area contributed by atoms with Crippen molar-refractivity contribution in [3.8, 4) is 0 Å². The van der Waals surface area contributed by atoms with E-state index in [0.717, 1.165) is 25.1 Å². The Morgan fingerprint density at radius 1 is 1.25 bits per heavy atom. The molecule has 2 aliphatic heterocycles. The molecule has 0 radical (unpaired) electrons. The Hall–Kier alpha value is -0.900. The summed E-state index contributed by atoms with van der Waals surface area (Å²) in [6.45, 7) is 4.03. The fourth-order valence-corrected chi connectivity index (χ4v) is 2.42. The third-order valence-corrected chi connectivity index (χ3v) is 3.28. The molecule has 0 bridgehead atoms. The molecular formula is C13H17NO2. The number of ether oxygens (including phenoxy) is 2. The molecule has 2 fully saturated rings. The Morgan fingerprint density at radius 2 is 2.12 bits per heavy atom. The maximum atomic E-state index is 5.94. The van der Waals surface area contributed by atoms with E-state index in [0.29, 0.717) is 0 Å². The largest absolute Gasteiger partial charge is 0.342 e. The van der Waals surface area contributed by atoms with Crippen molar-refractivity contribution in [2.24, 2.45) is 0 Å². The lowest BCUT2D eigenvalue weighted by Crippen LogP contribution is -2.41. The zero-order valence-electron chi connectivity index (χ0n) is 9.48. The molecule has 0 aromatic heterocycles. The standard InChI is InChI=1S/C13H17NO2/c1-9-3-2-4-10(7-9)13-15-11-5-6-14-8-12(11)16-13/h2-4,7,11-14H,5-6,8H2,1H3. The molecular weight excluding hydrogens is 202 g/mol. The van der Waals surface area contributed by atoms with Gasteiger partial charge < -0.3 is 14.8 Å². The number of hydrogen-bond acceptors (Lipinski definition) is 3. The number of benzene rings is 1. The van der Waals surface area contributed by atoms with E-state index < -0.39 is 0 Å². The molecule has 3 atom stereocenters. The van der Waals surface area contributed by atoms with E-state index in [4.69, 9.17) is 9.47 Å². The Bertz CT molecular complexity index is 366. The predicted molar refractivity (Wildman–Crippen MR) is 61.2 cm³/mol. The van der Waals surface area contributed by atoms with E-state index in [1.165, 1.54) is 5.56 Å². The van der Waals surface area contributed by atoms with Gasteiger partial charge in [0.25, 0.3) is 0 Å². The zero-order chi connectivity index (χ0) is 11.0. The van der Waals surface area contributed by atoms with Gasteiger partial charge in [-0.1, -0.05) is 29.8 Å². The summed E-state index contributed by atoms with van der Waals surface area (Å²) in [6.07, 6.45) is 1.37. The molecule has 3 heteroatoms. The van der Waals surface area contributed by atoms with Crippen LogP contribution >= 0.6 is 0 Å². The molecule has 0 spiro atoms. The van der Waals surface area contributed by atoms with Crippen LogP contribution in [-0.2, 0) is 9.47 Å². The van der Waals surface area contributed by atoms with Gasteiger partial charge in [-0.25, -0.2) is 0 Å². The Labute approximate surface area is 95.8 Å². The lowest BCUT2D eigenvalue weighted by atomic mass is 10.1. The molecule has 2 heterocycles. The SMILES string of the molecule is Cc1cccc(C2OC3CCNCC3O2)c1. The summed E-state index contributed by atoms with van der Waals surface area (Å²) in [5.41, 5.74) is 2.38. The quantitative estimate of drug-likeness (QED) is 0.781. The third kappa shape index (κ3) is 1.86. The summed E-state index contributed by atoms with van der Waals surface area (Å²) in [5, 5.41) is 3.33. The number of nitrogens with one attached hydrogen (secondary N) is 1. The number of aryl methyl sites for hydroxylation is 1. The van der Waals surface area contributed by atoms with Crippen LogP contribution in [0, 0.1) is 6.92 Å². The number of piperidine rings is 1. The van der Waals surface area contributed by atoms with Gasteiger partial charge in [0, 0.05) is 12.1 Å². The van der Waals surface area contributed by atoms with Gasteiger partial charge in [-0.2, -0.15) is 0 Å². The van der Waals surface area contributed by atoms with Crippen LogP contribution in [0.5, 0.6) is 0 Å². The number of fused-ring (bicyclic) bond motifs is 1. The molecule has 3 nitrogen and oxygen atoms in total. The highest BCUT2D eigenvalue weighted by Crippen LogP contribution is 2.33. The summed E-state index contributed by atoms with van der Waals surface area (Å²) in [4.78, 5) is 0. The van der Waals surface area contributed by atoms with Crippen molar-refractivity contribution < 1.29 is 9.47 Å². The van der Waals surface area contributed by atoms with Crippen molar-refractivity contribution in [1.29, 1.82) is 0 Å². The maximum Gasteiger partial charge on any atom is 0.184 e. The van der Waals surface area contributed by atoms with Crippen LogP contribution in [0.4, 0.5) is 0 Å². The second-order valence-corrected chi connectivity index (χ2v) is 4.59. The van der Waals surface area contributed by atoms with E-state index >= 15 is 0 Å². The van der Waals surface area contributed by atoms with Gasteiger partial charge in [-0.15, -0.1) is 0 Å². The van der Waals surface area contributed by atoms with Gasteiger partial charge in [0.1, 0.15) is 0 Å². The highest BCUT2D eigenvalue weighted by molar-refractivity contribution is 5.23. The first-order chi connectivity index (χ1) is 7.83. The van der Waals surface area contributed by atoms with E-state index in [-0.39, 0.29) is 18.5 Å². The smallest absolute Gasteiger partial charge is 0.184 e. The second-order valence-electron chi connectivity index (χ2n) is 4.59. The normalized spacial score (nSPS) is 33.7. The van der Waals surface area contributed by atoms with Crippen LogP contribution in [0.25, 0.3) is 0 Å². The summed E-state index contributed by atoms with van der Waals surface area (Å²) in [7, 11) is 0. The lowest BCUT2D eigenvalue weighted by Gasteiger charge is -2.22. The van der Waals surface area contributed by atoms with Crippen LogP contribution < -0.4 is 5.32 Å². The van der Waals surface area contributed by atoms with Gasteiger partial charge in [0.05, 0.1) is 12.2 Å². The molecule has 1 N–H and O–H groups in total. The summed E-state index contributed by atoms with van der Waals surface area (Å²) in [5.74, 6) is 0. The van der Waals surface area contributed by atoms with E-state index in [1.807, 2.05) is 0 Å². The van der Waals surface area contributed by atoms with Crippen LogP contribution in [0.3, 0.4) is 0 Å². The van der Waals surface area contributed by atoms with E-state index in [1.54, 1.807) is 0 Å². The fourth-order valence-electron chi connectivity index (χ4n) is 2.42. The summed E-state index contributed by atoms with van der Waals surface area (Å²) in [6, 6.07) is 8.35. The fraction of sp³-hybridized carbons (Fsp3) is 0.538. The minimum absolute atomic E-state index is 0.171. The van der Waals surface area contributed by atoms with Crippen molar-refractivity contribution in [3.63, 3.8) is 0 Å². The van der Waals surface area contributed by atoms with Crippen molar-refractivity contribution in [3.05, 3.63) is 35.4 Å². The van der Waals surface area contributed by atoms with Crippen molar-refractivity contribution in [2.45, 2.75) is 31.8 Å². The second kappa shape index (κ2) is 4.17. The van der Waals surface area contributed by atoms with E-state index in [9.17, 15) is 0 Å². The van der Waals surface area contributed by atoms with Crippen LogP contribution in [0.2, 0.25) is 0 Å². The maximum absolute atomic E-state index is 5.94. The average Bonchev–Trinajstić information content (AvgIpc) is 2.72. The monoisotopic (exact) mass is 219 g/mol. The van der Waals surface area contributed by atoms with Gasteiger partial charge in [-0.3, -0.25) is 0 Å². The zero-order valence-corrected chi connectivity index (χ0v) is 9.48. The lowest BCUT2D eigenvalue weighted by molar-refractivity contribution is -0.0669. The molecule has 0 amide bonds. The van der Waals surface area contributed by atoms with Crippen molar-refractivity contribution >= 4 is 0 Å². The van der Waals surface area contributed by atoms with Crippen molar-refractivity contribution in [1.82, 2.24) is 5.32 Å². The summed E-state index contributed by atoms with van der Waals surface area (Å²) < 4.78 is 11.9. The topological polar surface area (TPSA) is 30.5 Å². The van der Waals surface area contributed by atoms with Gasteiger partial charge >= 0.3 is 0 Å².